The summed E-state index contributed by atoms with van der Waals surface area (Å²) >= 11 is 0. The summed E-state index contributed by atoms with van der Waals surface area (Å²) in [6, 6.07) is 7.77. The lowest BCUT2D eigenvalue weighted by atomic mass is 9.81. The molecule has 2 N–H and O–H groups in total. The van der Waals surface area contributed by atoms with Gasteiger partial charge in [0.25, 0.3) is 0 Å². The zero-order valence-electron chi connectivity index (χ0n) is 12.6. The van der Waals surface area contributed by atoms with Crippen LogP contribution < -0.4 is 5.73 Å². The second kappa shape index (κ2) is 6.24. The van der Waals surface area contributed by atoms with Gasteiger partial charge in [0.05, 0.1) is 0 Å². The fourth-order valence-electron chi connectivity index (χ4n) is 3.29. The van der Waals surface area contributed by atoms with Gasteiger partial charge in [0.1, 0.15) is 0 Å². The molecule has 1 aromatic carbocycles. The van der Waals surface area contributed by atoms with Gasteiger partial charge in [0.2, 0.25) is 0 Å². The van der Waals surface area contributed by atoms with Crippen LogP contribution in [0.25, 0.3) is 11.4 Å². The van der Waals surface area contributed by atoms with Crippen molar-refractivity contribution in [1.82, 2.24) is 20.2 Å². The summed E-state index contributed by atoms with van der Waals surface area (Å²) in [6.07, 6.45) is 6.55. The number of tetrazole rings is 1. The van der Waals surface area contributed by atoms with Crippen molar-refractivity contribution in [3.05, 3.63) is 24.3 Å². The van der Waals surface area contributed by atoms with Gasteiger partial charge in [-0.2, -0.15) is 0 Å². The smallest absolute Gasteiger partial charge is 0.184 e. The highest BCUT2D eigenvalue weighted by molar-refractivity contribution is 5.70. The van der Waals surface area contributed by atoms with E-state index >= 15 is 0 Å². The number of nitrogen functional groups attached to an aromatic ring is 1. The monoisotopic (exact) mass is 285 g/mol. The standard InChI is InChI=1S/C16H23N5/c1-2-12-7-9-13(10-8-12)11-21-16(18-19-20-21)14-5-3-4-6-15(14)17/h3-6,12-13H,2,7-11,17H2,1H3. The van der Waals surface area contributed by atoms with Crippen molar-refractivity contribution in [1.29, 1.82) is 0 Å². The van der Waals surface area contributed by atoms with Gasteiger partial charge < -0.3 is 5.73 Å². The SMILES string of the molecule is CCC1CCC(Cn2nnnc2-c2ccccc2N)CC1. The van der Waals surface area contributed by atoms with Crippen LogP contribution >= 0.6 is 0 Å². The molecule has 1 heterocycles. The molecule has 2 aromatic rings. The number of hydrogen-bond acceptors (Lipinski definition) is 4. The second-order valence-corrected chi connectivity index (χ2v) is 6.07. The number of rotatable bonds is 4. The third-order valence-corrected chi connectivity index (χ3v) is 4.71. The van der Waals surface area contributed by atoms with Crippen LogP contribution in [0.3, 0.4) is 0 Å². The minimum absolute atomic E-state index is 0.681. The normalized spacial score (nSPS) is 22.3. The molecule has 0 atom stereocenters. The molecule has 5 heteroatoms. The maximum absolute atomic E-state index is 6.04. The first-order valence-electron chi connectivity index (χ1n) is 7.89. The Balaban J connectivity index is 1.73. The van der Waals surface area contributed by atoms with Crippen LogP contribution in [0.1, 0.15) is 39.0 Å². The minimum atomic E-state index is 0.681. The molecule has 1 aliphatic rings. The topological polar surface area (TPSA) is 69.6 Å². The molecule has 1 saturated carbocycles. The van der Waals surface area contributed by atoms with E-state index in [1.807, 2.05) is 28.9 Å². The minimum Gasteiger partial charge on any atom is -0.398 e. The molecular weight excluding hydrogens is 262 g/mol. The van der Waals surface area contributed by atoms with Crippen LogP contribution in [0, 0.1) is 11.8 Å². The first-order chi connectivity index (χ1) is 10.3. The van der Waals surface area contributed by atoms with Crippen molar-refractivity contribution in [2.45, 2.75) is 45.6 Å². The molecule has 0 radical (unpaired) electrons. The molecule has 1 fully saturated rings. The maximum atomic E-state index is 6.04. The summed E-state index contributed by atoms with van der Waals surface area (Å²) in [5.41, 5.74) is 7.69. The highest BCUT2D eigenvalue weighted by atomic mass is 15.5. The summed E-state index contributed by atoms with van der Waals surface area (Å²) in [7, 11) is 0. The van der Waals surface area contributed by atoms with Crippen molar-refractivity contribution in [3.8, 4) is 11.4 Å². The fraction of sp³-hybridized carbons (Fsp3) is 0.562. The number of benzene rings is 1. The van der Waals surface area contributed by atoms with Crippen LogP contribution in [0.5, 0.6) is 0 Å². The van der Waals surface area contributed by atoms with Gasteiger partial charge in [-0.15, -0.1) is 5.10 Å². The first-order valence-corrected chi connectivity index (χ1v) is 7.89. The quantitative estimate of drug-likeness (QED) is 0.876. The van der Waals surface area contributed by atoms with Gasteiger partial charge in [0, 0.05) is 17.8 Å². The molecule has 0 amide bonds. The number of nitrogens with two attached hydrogens (primary N) is 1. The summed E-state index contributed by atoms with van der Waals surface area (Å²) in [5, 5.41) is 12.2. The van der Waals surface area contributed by atoms with E-state index in [9.17, 15) is 0 Å². The molecule has 1 aromatic heterocycles. The Labute approximate surface area is 125 Å². The van der Waals surface area contributed by atoms with Gasteiger partial charge in [-0.3, -0.25) is 0 Å². The van der Waals surface area contributed by atoms with E-state index in [0.717, 1.165) is 29.5 Å². The molecule has 0 aliphatic heterocycles. The van der Waals surface area contributed by atoms with Gasteiger partial charge in [0.15, 0.2) is 5.82 Å². The van der Waals surface area contributed by atoms with E-state index < -0.39 is 0 Å². The van der Waals surface area contributed by atoms with Gasteiger partial charge >= 0.3 is 0 Å². The van der Waals surface area contributed by atoms with Crippen molar-refractivity contribution in [2.24, 2.45) is 11.8 Å². The number of para-hydroxylation sites is 1. The number of anilines is 1. The maximum Gasteiger partial charge on any atom is 0.184 e. The lowest BCUT2D eigenvalue weighted by Crippen LogP contribution is -2.20. The van der Waals surface area contributed by atoms with Crippen LogP contribution in [0.15, 0.2) is 24.3 Å². The second-order valence-electron chi connectivity index (χ2n) is 6.07. The number of nitrogens with zero attached hydrogens (tertiary/aromatic N) is 4. The Kier molecular flexibility index (Phi) is 4.18. The Morgan fingerprint density at radius 3 is 2.57 bits per heavy atom. The van der Waals surface area contributed by atoms with E-state index in [0.29, 0.717) is 5.92 Å². The summed E-state index contributed by atoms with van der Waals surface area (Å²) in [6.45, 7) is 3.19. The summed E-state index contributed by atoms with van der Waals surface area (Å²) in [5.74, 6) is 2.38. The lowest BCUT2D eigenvalue weighted by Gasteiger charge is -2.27. The predicted molar refractivity (Wildman–Crippen MR) is 83.4 cm³/mol. The lowest BCUT2D eigenvalue weighted by molar-refractivity contribution is 0.241. The van der Waals surface area contributed by atoms with Crippen molar-refractivity contribution >= 4 is 5.69 Å². The van der Waals surface area contributed by atoms with E-state index in [-0.39, 0.29) is 0 Å². The number of aromatic nitrogens is 4. The Morgan fingerprint density at radius 1 is 1.14 bits per heavy atom. The predicted octanol–water partition coefficient (Wildman–Crippen LogP) is 3.14. The zero-order chi connectivity index (χ0) is 14.7. The Morgan fingerprint density at radius 2 is 1.86 bits per heavy atom. The molecule has 1 aliphatic carbocycles. The zero-order valence-corrected chi connectivity index (χ0v) is 12.6. The van der Waals surface area contributed by atoms with Gasteiger partial charge in [-0.1, -0.05) is 38.3 Å². The average molecular weight is 285 g/mol. The Hall–Kier alpha value is -1.91. The third kappa shape index (κ3) is 3.06. The molecule has 0 unspecified atom stereocenters. The van der Waals surface area contributed by atoms with Crippen molar-refractivity contribution in [3.63, 3.8) is 0 Å². The number of hydrogen-bond donors (Lipinski definition) is 1. The molecular formula is C16H23N5. The average Bonchev–Trinajstić information content (AvgIpc) is 2.96. The highest BCUT2D eigenvalue weighted by Crippen LogP contribution is 2.32. The van der Waals surface area contributed by atoms with Crippen molar-refractivity contribution in [2.75, 3.05) is 5.73 Å². The van der Waals surface area contributed by atoms with E-state index in [4.69, 9.17) is 5.73 Å². The van der Waals surface area contributed by atoms with Crippen LogP contribution in [0.4, 0.5) is 5.69 Å². The Bertz CT molecular complexity index is 584. The van der Waals surface area contributed by atoms with E-state index in [2.05, 4.69) is 22.4 Å². The van der Waals surface area contributed by atoms with Crippen LogP contribution in [0.2, 0.25) is 0 Å². The molecule has 0 spiro atoms. The molecule has 21 heavy (non-hydrogen) atoms. The van der Waals surface area contributed by atoms with Gasteiger partial charge in [-0.05, 0) is 47.2 Å². The van der Waals surface area contributed by atoms with E-state index in [1.165, 1.54) is 32.1 Å². The highest BCUT2D eigenvalue weighted by Gasteiger charge is 2.22. The van der Waals surface area contributed by atoms with E-state index in [1.54, 1.807) is 0 Å². The fourth-order valence-corrected chi connectivity index (χ4v) is 3.29. The first kappa shape index (κ1) is 14.0. The molecule has 3 rings (SSSR count). The molecule has 5 nitrogen and oxygen atoms in total. The summed E-state index contributed by atoms with van der Waals surface area (Å²) < 4.78 is 1.92. The van der Waals surface area contributed by atoms with Crippen LogP contribution in [-0.4, -0.2) is 20.2 Å². The summed E-state index contributed by atoms with van der Waals surface area (Å²) in [4.78, 5) is 0. The molecule has 112 valence electrons. The largest absolute Gasteiger partial charge is 0.398 e. The van der Waals surface area contributed by atoms with Crippen molar-refractivity contribution < 1.29 is 0 Å². The molecule has 0 saturated heterocycles. The molecule has 0 bridgehead atoms. The third-order valence-electron chi connectivity index (χ3n) is 4.71. The van der Waals surface area contributed by atoms with Crippen LogP contribution in [-0.2, 0) is 6.54 Å². The van der Waals surface area contributed by atoms with Gasteiger partial charge in [-0.25, -0.2) is 4.68 Å².